The minimum Gasteiger partial charge on any atom is -0.495 e. The topological polar surface area (TPSA) is 76.9 Å². The van der Waals surface area contributed by atoms with E-state index in [1.165, 1.54) is 7.11 Å². The van der Waals surface area contributed by atoms with Crippen LogP contribution in [0.15, 0.2) is 48.8 Å². The third-order valence-corrected chi connectivity index (χ3v) is 4.46. The fourth-order valence-corrected chi connectivity index (χ4v) is 3.00. The molecule has 0 saturated carbocycles. The van der Waals surface area contributed by atoms with Crippen LogP contribution < -0.4 is 15.4 Å². The summed E-state index contributed by atoms with van der Waals surface area (Å²) >= 11 is 6.11. The third-order valence-electron chi connectivity index (χ3n) is 4.16. The minimum absolute atomic E-state index is 0.0281. The van der Waals surface area contributed by atoms with E-state index in [1.54, 1.807) is 29.1 Å². The molecule has 9 heteroatoms. The van der Waals surface area contributed by atoms with Crippen molar-refractivity contribution in [3.8, 4) is 5.75 Å². The quantitative estimate of drug-likeness (QED) is 0.509. The zero-order valence-corrected chi connectivity index (χ0v) is 15.8. The zero-order chi connectivity index (χ0) is 19.7. The number of aryl methyl sites for hydroxylation is 1. The first kappa shape index (κ1) is 18.0. The summed E-state index contributed by atoms with van der Waals surface area (Å²) in [6, 6.07) is 10.8. The Labute approximate surface area is 165 Å². The Morgan fingerprint density at radius 3 is 2.64 bits per heavy atom. The number of methoxy groups -OCH3 is 1. The van der Waals surface area contributed by atoms with E-state index in [4.69, 9.17) is 16.3 Å². The predicted octanol–water partition coefficient (Wildman–Crippen LogP) is 4.65. The molecular formula is C19H16ClFN6O. The number of aromatic nitrogens is 4. The van der Waals surface area contributed by atoms with Crippen LogP contribution >= 0.6 is 11.6 Å². The lowest BCUT2D eigenvalue weighted by molar-refractivity contribution is 0.415. The van der Waals surface area contributed by atoms with Gasteiger partial charge in [0.05, 0.1) is 30.0 Å². The van der Waals surface area contributed by atoms with Crippen LogP contribution in [0.5, 0.6) is 5.75 Å². The molecule has 7 nitrogen and oxygen atoms in total. The lowest BCUT2D eigenvalue weighted by Gasteiger charge is -2.11. The van der Waals surface area contributed by atoms with Gasteiger partial charge >= 0.3 is 0 Å². The monoisotopic (exact) mass is 398 g/mol. The van der Waals surface area contributed by atoms with Crippen molar-refractivity contribution >= 4 is 45.6 Å². The van der Waals surface area contributed by atoms with E-state index in [0.29, 0.717) is 16.5 Å². The Hall–Kier alpha value is -3.39. The summed E-state index contributed by atoms with van der Waals surface area (Å²) in [5, 5.41) is 11.6. The van der Waals surface area contributed by atoms with Crippen molar-refractivity contribution in [3.63, 3.8) is 0 Å². The number of hydrogen-bond acceptors (Lipinski definition) is 6. The number of anilines is 4. The number of benzene rings is 2. The van der Waals surface area contributed by atoms with Gasteiger partial charge in [-0.1, -0.05) is 11.6 Å². The standard InChI is InChI=1S/C19H16ClFN6O/c1-27-16-8-13(4-3-11(16)9-23-27)25-19-22-10-15(21)18(26-19)24-12-5-6-17(28-2)14(20)7-12/h3-10H,1-2H3,(H2,22,24,25,26). The van der Waals surface area contributed by atoms with Gasteiger partial charge in [-0.05, 0) is 36.4 Å². The van der Waals surface area contributed by atoms with Gasteiger partial charge in [0.2, 0.25) is 5.95 Å². The van der Waals surface area contributed by atoms with Crippen LogP contribution in [0.4, 0.5) is 27.5 Å². The van der Waals surface area contributed by atoms with E-state index >= 15 is 0 Å². The van der Waals surface area contributed by atoms with Gasteiger partial charge < -0.3 is 15.4 Å². The average Bonchev–Trinajstić information content (AvgIpc) is 3.05. The summed E-state index contributed by atoms with van der Waals surface area (Å²) in [7, 11) is 3.39. The molecule has 0 atom stereocenters. The number of ether oxygens (including phenoxy) is 1. The molecule has 4 rings (SSSR count). The normalized spacial score (nSPS) is 10.9. The van der Waals surface area contributed by atoms with Gasteiger partial charge in [0.15, 0.2) is 11.6 Å². The average molecular weight is 399 g/mol. The second-order valence-electron chi connectivity index (χ2n) is 6.03. The first-order valence-corrected chi connectivity index (χ1v) is 8.73. The molecule has 2 aromatic heterocycles. The van der Waals surface area contributed by atoms with Crippen LogP contribution in [0, 0.1) is 5.82 Å². The van der Waals surface area contributed by atoms with Gasteiger partial charge in [0, 0.05) is 23.8 Å². The first-order valence-electron chi connectivity index (χ1n) is 8.35. The van der Waals surface area contributed by atoms with E-state index in [1.807, 2.05) is 25.2 Å². The highest BCUT2D eigenvalue weighted by Crippen LogP contribution is 2.29. The maximum Gasteiger partial charge on any atom is 0.229 e. The molecule has 2 aromatic carbocycles. The van der Waals surface area contributed by atoms with E-state index in [2.05, 4.69) is 25.7 Å². The van der Waals surface area contributed by atoms with Crippen LogP contribution in [-0.2, 0) is 7.05 Å². The lowest BCUT2D eigenvalue weighted by Crippen LogP contribution is -2.03. The number of nitrogens with one attached hydrogen (secondary N) is 2. The summed E-state index contributed by atoms with van der Waals surface area (Å²) in [5.41, 5.74) is 2.30. The highest BCUT2D eigenvalue weighted by Gasteiger charge is 2.10. The molecule has 2 heterocycles. The van der Waals surface area contributed by atoms with Crippen molar-refractivity contribution in [2.75, 3.05) is 17.7 Å². The zero-order valence-electron chi connectivity index (χ0n) is 15.1. The van der Waals surface area contributed by atoms with E-state index in [0.717, 1.165) is 22.8 Å². The molecule has 28 heavy (non-hydrogen) atoms. The molecule has 0 amide bonds. The molecule has 2 N–H and O–H groups in total. The molecule has 0 saturated heterocycles. The number of rotatable bonds is 5. The molecular weight excluding hydrogens is 383 g/mol. The third kappa shape index (κ3) is 3.54. The van der Waals surface area contributed by atoms with E-state index < -0.39 is 5.82 Å². The summed E-state index contributed by atoms with van der Waals surface area (Å²) < 4.78 is 21.1. The molecule has 0 aliphatic rings. The predicted molar refractivity (Wildman–Crippen MR) is 107 cm³/mol. The number of halogens is 2. The Morgan fingerprint density at radius 2 is 1.86 bits per heavy atom. The fraction of sp³-hybridized carbons (Fsp3) is 0.105. The smallest absolute Gasteiger partial charge is 0.229 e. The molecule has 0 bridgehead atoms. The van der Waals surface area contributed by atoms with Gasteiger partial charge in [-0.25, -0.2) is 9.37 Å². The van der Waals surface area contributed by atoms with E-state index in [9.17, 15) is 4.39 Å². The molecule has 0 fully saturated rings. The Balaban J connectivity index is 1.59. The second-order valence-corrected chi connectivity index (χ2v) is 6.44. The maximum atomic E-state index is 14.2. The van der Waals surface area contributed by atoms with Gasteiger partial charge in [-0.15, -0.1) is 0 Å². The molecule has 142 valence electrons. The number of hydrogen-bond donors (Lipinski definition) is 2. The largest absolute Gasteiger partial charge is 0.495 e. The highest BCUT2D eigenvalue weighted by atomic mass is 35.5. The first-order chi connectivity index (χ1) is 13.5. The van der Waals surface area contributed by atoms with Crippen molar-refractivity contribution in [3.05, 3.63) is 59.6 Å². The molecule has 4 aromatic rings. The summed E-state index contributed by atoms with van der Waals surface area (Å²) in [6.07, 6.45) is 2.89. The van der Waals surface area contributed by atoms with Gasteiger partial charge in [-0.2, -0.15) is 10.1 Å². The van der Waals surface area contributed by atoms with Gasteiger partial charge in [-0.3, -0.25) is 4.68 Å². The molecule has 0 aliphatic heterocycles. The molecule has 0 aliphatic carbocycles. The second kappa shape index (κ2) is 7.32. The Morgan fingerprint density at radius 1 is 1.07 bits per heavy atom. The minimum atomic E-state index is -0.584. The van der Waals surface area contributed by atoms with Crippen LogP contribution in [0.1, 0.15) is 0 Å². The summed E-state index contributed by atoms with van der Waals surface area (Å²) in [6.45, 7) is 0. The summed E-state index contributed by atoms with van der Waals surface area (Å²) in [5.74, 6) is 0.230. The lowest BCUT2D eigenvalue weighted by atomic mass is 10.2. The summed E-state index contributed by atoms with van der Waals surface area (Å²) in [4.78, 5) is 8.23. The van der Waals surface area contributed by atoms with Crippen molar-refractivity contribution < 1.29 is 9.13 Å². The van der Waals surface area contributed by atoms with Crippen molar-refractivity contribution in [2.45, 2.75) is 0 Å². The van der Waals surface area contributed by atoms with Crippen LogP contribution in [0.2, 0.25) is 5.02 Å². The van der Waals surface area contributed by atoms with Gasteiger partial charge in [0.25, 0.3) is 0 Å². The number of fused-ring (bicyclic) bond motifs is 1. The SMILES string of the molecule is COc1ccc(Nc2nc(Nc3ccc4cnn(C)c4c3)ncc2F)cc1Cl. The molecule has 0 unspecified atom stereocenters. The Bertz CT molecular complexity index is 1160. The van der Waals surface area contributed by atoms with Gasteiger partial charge in [0.1, 0.15) is 5.75 Å². The van der Waals surface area contributed by atoms with Crippen molar-refractivity contribution in [1.82, 2.24) is 19.7 Å². The molecule has 0 spiro atoms. The highest BCUT2D eigenvalue weighted by molar-refractivity contribution is 6.32. The van der Waals surface area contributed by atoms with Crippen LogP contribution in [-0.4, -0.2) is 26.9 Å². The number of nitrogens with zero attached hydrogens (tertiary/aromatic N) is 4. The van der Waals surface area contributed by atoms with Crippen molar-refractivity contribution in [1.29, 1.82) is 0 Å². The van der Waals surface area contributed by atoms with Crippen LogP contribution in [0.3, 0.4) is 0 Å². The Kier molecular flexibility index (Phi) is 4.70. The van der Waals surface area contributed by atoms with E-state index in [-0.39, 0.29) is 11.8 Å². The van der Waals surface area contributed by atoms with Crippen LogP contribution in [0.25, 0.3) is 10.9 Å². The molecule has 0 radical (unpaired) electrons. The van der Waals surface area contributed by atoms with Crippen molar-refractivity contribution in [2.24, 2.45) is 7.05 Å². The maximum absolute atomic E-state index is 14.2. The fourth-order valence-electron chi connectivity index (χ4n) is 2.75.